The lowest BCUT2D eigenvalue weighted by Crippen LogP contribution is -2.28. The summed E-state index contributed by atoms with van der Waals surface area (Å²) in [5.41, 5.74) is 0.688. The van der Waals surface area contributed by atoms with Crippen molar-refractivity contribution in [1.82, 2.24) is 9.47 Å². The first-order valence-corrected chi connectivity index (χ1v) is 9.87. The molecule has 1 saturated heterocycles. The second-order valence-corrected chi connectivity index (χ2v) is 7.93. The zero-order valence-electron chi connectivity index (χ0n) is 15.9. The van der Waals surface area contributed by atoms with E-state index >= 15 is 0 Å². The molecule has 29 heavy (non-hydrogen) atoms. The maximum atomic E-state index is 12.7. The second kappa shape index (κ2) is 8.51. The van der Waals surface area contributed by atoms with E-state index in [1.54, 1.807) is 38.5 Å². The Morgan fingerprint density at radius 3 is 2.83 bits per heavy atom. The highest BCUT2D eigenvalue weighted by molar-refractivity contribution is 8.26. The fraction of sp³-hybridized carbons (Fsp3) is 0.200. The molecule has 148 valence electrons. The SMILES string of the molecule is C=CCN1C(=O)/C(=C/c2c(C)c(C#N)c(=O)n(C)c2NCc2ccco2)SC1=S. The summed E-state index contributed by atoms with van der Waals surface area (Å²) in [4.78, 5) is 27.2. The van der Waals surface area contributed by atoms with Crippen molar-refractivity contribution in [3.8, 4) is 6.07 Å². The van der Waals surface area contributed by atoms with Crippen LogP contribution in [0.3, 0.4) is 0 Å². The molecular weight excluding hydrogens is 408 g/mol. The average molecular weight is 427 g/mol. The van der Waals surface area contributed by atoms with Gasteiger partial charge in [-0.3, -0.25) is 19.1 Å². The van der Waals surface area contributed by atoms with Gasteiger partial charge in [-0.1, -0.05) is 30.1 Å². The Labute approximate surface area is 177 Å². The summed E-state index contributed by atoms with van der Waals surface area (Å²) in [5.74, 6) is 0.934. The molecule has 0 unspecified atom stereocenters. The Kier molecular flexibility index (Phi) is 6.06. The van der Waals surface area contributed by atoms with Gasteiger partial charge in [0.15, 0.2) is 0 Å². The first kappa shape index (κ1) is 20.6. The van der Waals surface area contributed by atoms with Gasteiger partial charge >= 0.3 is 0 Å². The van der Waals surface area contributed by atoms with Gasteiger partial charge in [0, 0.05) is 19.2 Å². The van der Waals surface area contributed by atoms with Gasteiger partial charge in [0.2, 0.25) is 0 Å². The van der Waals surface area contributed by atoms with Crippen molar-refractivity contribution in [1.29, 1.82) is 5.26 Å². The van der Waals surface area contributed by atoms with Gasteiger partial charge in [-0.2, -0.15) is 5.26 Å². The van der Waals surface area contributed by atoms with Crippen molar-refractivity contribution in [2.45, 2.75) is 13.5 Å². The largest absolute Gasteiger partial charge is 0.467 e. The Morgan fingerprint density at radius 1 is 1.45 bits per heavy atom. The van der Waals surface area contributed by atoms with Gasteiger partial charge < -0.3 is 9.73 Å². The highest BCUT2D eigenvalue weighted by Gasteiger charge is 2.31. The Bertz CT molecular complexity index is 1120. The Balaban J connectivity index is 2.11. The lowest BCUT2D eigenvalue weighted by atomic mass is 10.0. The summed E-state index contributed by atoms with van der Waals surface area (Å²) in [6, 6.07) is 5.54. The zero-order valence-corrected chi connectivity index (χ0v) is 17.5. The third-order valence-electron chi connectivity index (χ3n) is 4.47. The number of nitriles is 1. The standard InChI is InChI=1S/C20H18N4O3S2/c1-4-7-24-19(26)16(29-20(24)28)9-14-12(2)15(10-21)18(25)23(3)17(14)22-11-13-6-5-8-27-13/h4-6,8-9,22H,1,7,11H2,2-3H3/b16-9-. The van der Waals surface area contributed by atoms with E-state index < -0.39 is 5.56 Å². The fourth-order valence-electron chi connectivity index (χ4n) is 2.95. The van der Waals surface area contributed by atoms with Crippen molar-refractivity contribution >= 4 is 46.1 Å². The third-order valence-corrected chi connectivity index (χ3v) is 5.85. The van der Waals surface area contributed by atoms with E-state index in [1.165, 1.54) is 21.2 Å². The molecule has 1 amide bonds. The van der Waals surface area contributed by atoms with E-state index in [-0.39, 0.29) is 11.5 Å². The van der Waals surface area contributed by atoms with Gasteiger partial charge in [0.05, 0.1) is 17.7 Å². The van der Waals surface area contributed by atoms with Crippen molar-refractivity contribution in [2.24, 2.45) is 7.05 Å². The van der Waals surface area contributed by atoms with Gasteiger partial charge in [0.25, 0.3) is 11.5 Å². The minimum absolute atomic E-state index is 0.0314. The predicted molar refractivity (Wildman–Crippen MR) is 117 cm³/mol. The monoisotopic (exact) mass is 426 g/mol. The Morgan fingerprint density at radius 2 is 2.21 bits per heavy atom. The van der Waals surface area contributed by atoms with Crippen LogP contribution in [0.4, 0.5) is 5.82 Å². The van der Waals surface area contributed by atoms with Crippen LogP contribution in [0.1, 0.15) is 22.5 Å². The number of pyridine rings is 1. The number of nitrogens with zero attached hydrogens (tertiary/aromatic N) is 3. The number of thiocarbonyl (C=S) groups is 1. The molecule has 1 aliphatic heterocycles. The van der Waals surface area contributed by atoms with Crippen LogP contribution < -0.4 is 10.9 Å². The molecular formula is C20H18N4O3S2. The number of hydrogen-bond acceptors (Lipinski definition) is 7. The minimum atomic E-state index is -0.414. The summed E-state index contributed by atoms with van der Waals surface area (Å²) >= 11 is 6.46. The maximum Gasteiger partial charge on any atom is 0.270 e. The first-order chi connectivity index (χ1) is 13.9. The van der Waals surface area contributed by atoms with Gasteiger partial charge in [-0.25, -0.2) is 0 Å². The van der Waals surface area contributed by atoms with E-state index in [2.05, 4.69) is 11.9 Å². The summed E-state index contributed by atoms with van der Waals surface area (Å²) in [7, 11) is 1.58. The fourth-order valence-corrected chi connectivity index (χ4v) is 4.20. The molecule has 9 heteroatoms. The topological polar surface area (TPSA) is 91.3 Å². The lowest BCUT2D eigenvalue weighted by Gasteiger charge is -2.17. The minimum Gasteiger partial charge on any atom is -0.467 e. The molecule has 0 spiro atoms. The molecule has 1 fully saturated rings. The van der Waals surface area contributed by atoms with Crippen LogP contribution in [0.25, 0.3) is 6.08 Å². The number of thioether (sulfide) groups is 1. The number of carbonyl (C=O) groups is 1. The van der Waals surface area contributed by atoms with Crippen molar-refractivity contribution in [3.05, 3.63) is 68.8 Å². The van der Waals surface area contributed by atoms with Crippen LogP contribution in [0, 0.1) is 18.3 Å². The quantitative estimate of drug-likeness (QED) is 0.431. The lowest BCUT2D eigenvalue weighted by molar-refractivity contribution is -0.121. The number of nitrogens with one attached hydrogen (secondary N) is 1. The van der Waals surface area contributed by atoms with E-state index in [0.717, 1.165) is 0 Å². The average Bonchev–Trinajstić information content (AvgIpc) is 3.30. The van der Waals surface area contributed by atoms with Crippen molar-refractivity contribution in [3.63, 3.8) is 0 Å². The predicted octanol–water partition coefficient (Wildman–Crippen LogP) is 3.16. The molecule has 1 N–H and O–H groups in total. The van der Waals surface area contributed by atoms with Crippen LogP contribution in [0.15, 0.2) is 45.2 Å². The molecule has 1 aliphatic rings. The van der Waals surface area contributed by atoms with E-state index in [9.17, 15) is 14.9 Å². The molecule has 3 heterocycles. The molecule has 2 aromatic rings. The maximum absolute atomic E-state index is 12.7. The summed E-state index contributed by atoms with van der Waals surface area (Å²) < 4.78 is 7.14. The Hall–Kier alpha value is -3.09. The number of amides is 1. The second-order valence-electron chi connectivity index (χ2n) is 6.25. The first-order valence-electron chi connectivity index (χ1n) is 8.65. The zero-order chi connectivity index (χ0) is 21.1. The number of hydrogen-bond donors (Lipinski definition) is 1. The molecule has 0 radical (unpaired) electrons. The van der Waals surface area contributed by atoms with E-state index in [1.807, 2.05) is 12.1 Å². The van der Waals surface area contributed by atoms with Gasteiger partial charge in [-0.05, 0) is 30.7 Å². The molecule has 0 atom stereocenters. The van der Waals surface area contributed by atoms with E-state index in [0.29, 0.717) is 45.0 Å². The van der Waals surface area contributed by atoms with Crippen LogP contribution in [-0.2, 0) is 18.4 Å². The number of rotatable bonds is 6. The summed E-state index contributed by atoms with van der Waals surface area (Å²) in [6.45, 7) is 5.99. The molecule has 0 saturated carbocycles. The van der Waals surface area contributed by atoms with Gasteiger partial charge in [-0.15, -0.1) is 6.58 Å². The molecule has 0 bridgehead atoms. The molecule has 2 aromatic heterocycles. The van der Waals surface area contributed by atoms with Crippen molar-refractivity contribution in [2.75, 3.05) is 11.9 Å². The highest BCUT2D eigenvalue weighted by Crippen LogP contribution is 2.34. The van der Waals surface area contributed by atoms with Crippen LogP contribution in [0.2, 0.25) is 0 Å². The van der Waals surface area contributed by atoms with Crippen molar-refractivity contribution < 1.29 is 9.21 Å². The normalized spacial score (nSPS) is 15.1. The van der Waals surface area contributed by atoms with Crippen LogP contribution in [-0.4, -0.2) is 26.2 Å². The number of aromatic nitrogens is 1. The van der Waals surface area contributed by atoms with Gasteiger partial charge in [0.1, 0.15) is 27.5 Å². The third kappa shape index (κ3) is 3.90. The number of anilines is 1. The number of furan rings is 1. The smallest absolute Gasteiger partial charge is 0.270 e. The summed E-state index contributed by atoms with van der Waals surface area (Å²) in [5, 5.41) is 12.6. The molecule has 7 nitrogen and oxygen atoms in total. The molecule has 3 rings (SSSR count). The molecule has 0 aliphatic carbocycles. The summed E-state index contributed by atoms with van der Waals surface area (Å²) in [6.07, 6.45) is 4.84. The number of carbonyl (C=O) groups excluding carboxylic acids is 1. The molecule has 0 aromatic carbocycles. The van der Waals surface area contributed by atoms with E-state index in [4.69, 9.17) is 16.6 Å². The van der Waals surface area contributed by atoms with Crippen LogP contribution in [0.5, 0.6) is 0 Å². The highest BCUT2D eigenvalue weighted by atomic mass is 32.2. The van der Waals surface area contributed by atoms with Crippen LogP contribution >= 0.6 is 24.0 Å².